The predicted molar refractivity (Wildman–Crippen MR) is 274 cm³/mol. The van der Waals surface area contributed by atoms with Crippen LogP contribution in [0.15, 0.2) is 134 Å². The van der Waals surface area contributed by atoms with Gasteiger partial charge in [0.2, 0.25) is 0 Å². The fraction of sp³-hybridized carbons (Fsp3) is 0.569. The number of ether oxygens (including phenoxy) is 3. The van der Waals surface area contributed by atoms with E-state index in [-0.39, 0.29) is 38.0 Å². The summed E-state index contributed by atoms with van der Waals surface area (Å²) in [4.78, 5) is 37.8. The van der Waals surface area contributed by atoms with Crippen molar-refractivity contribution in [3.63, 3.8) is 0 Å². The smallest absolute Gasteiger partial charge is 0.309 e. The molecule has 1 atom stereocenters. The molecule has 0 aromatic carbocycles. The summed E-state index contributed by atoms with van der Waals surface area (Å²) in [6.45, 7) is 6.21. The molecule has 0 spiro atoms. The van der Waals surface area contributed by atoms with E-state index in [0.717, 1.165) is 122 Å². The van der Waals surface area contributed by atoms with Crippen LogP contribution in [0.3, 0.4) is 0 Å². The Hall–Kier alpha value is -4.45. The van der Waals surface area contributed by atoms with Crippen LogP contribution < -0.4 is 0 Å². The van der Waals surface area contributed by atoms with Crippen LogP contribution in [-0.4, -0.2) is 37.2 Å². The van der Waals surface area contributed by atoms with E-state index in [1.165, 1.54) is 32.1 Å². The minimum atomic E-state index is -0.836. The summed E-state index contributed by atoms with van der Waals surface area (Å²) < 4.78 is 16.6. The van der Waals surface area contributed by atoms with Gasteiger partial charge in [-0.15, -0.1) is 0 Å². The molecule has 0 bridgehead atoms. The van der Waals surface area contributed by atoms with E-state index in [2.05, 4.69) is 142 Å². The van der Waals surface area contributed by atoms with Crippen LogP contribution in [0.1, 0.15) is 194 Å². The second-order valence-corrected chi connectivity index (χ2v) is 16.1. The highest BCUT2D eigenvalue weighted by molar-refractivity contribution is 5.72. The first-order valence-corrected chi connectivity index (χ1v) is 25.2. The van der Waals surface area contributed by atoms with Crippen LogP contribution in [0.25, 0.3) is 0 Å². The number of carbonyl (C=O) groups excluding carboxylic acids is 3. The molecule has 1 unspecified atom stereocenters. The van der Waals surface area contributed by atoms with Gasteiger partial charge in [0.05, 0.1) is 6.42 Å². The van der Waals surface area contributed by atoms with Crippen LogP contribution in [0.5, 0.6) is 0 Å². The SMILES string of the molecule is CC/C=C\C/C=C\C/C=C\C/C=C\CCCCCCCCC(=O)OCC(COC(=O)C/C=C\C/C=C\C/C=C\CC)OC(=O)CCCCCCC\C=C/C=C\C=C/C=C\CCCCC. The molecule has 6 heteroatoms. The van der Waals surface area contributed by atoms with Crippen molar-refractivity contribution in [2.45, 2.75) is 200 Å². The Labute approximate surface area is 392 Å². The molecule has 0 saturated carbocycles. The lowest BCUT2D eigenvalue weighted by Crippen LogP contribution is -2.30. The van der Waals surface area contributed by atoms with Gasteiger partial charge in [-0.3, -0.25) is 14.4 Å². The molecule has 0 rings (SSSR count). The molecule has 358 valence electrons. The van der Waals surface area contributed by atoms with Crippen molar-refractivity contribution in [1.29, 1.82) is 0 Å². The van der Waals surface area contributed by atoms with E-state index in [1.807, 2.05) is 6.08 Å². The average Bonchev–Trinajstić information content (AvgIpc) is 3.29. The van der Waals surface area contributed by atoms with Gasteiger partial charge < -0.3 is 14.2 Å². The fourth-order valence-corrected chi connectivity index (χ4v) is 6.27. The van der Waals surface area contributed by atoms with Gasteiger partial charge in [0.25, 0.3) is 0 Å². The molecule has 6 nitrogen and oxygen atoms in total. The Balaban J connectivity index is 4.48. The van der Waals surface area contributed by atoms with Crippen LogP contribution in [0, 0.1) is 0 Å². The quantitative estimate of drug-likeness (QED) is 0.0200. The minimum Gasteiger partial charge on any atom is -0.462 e. The van der Waals surface area contributed by atoms with E-state index in [0.29, 0.717) is 6.42 Å². The van der Waals surface area contributed by atoms with Crippen molar-refractivity contribution in [2.75, 3.05) is 13.2 Å². The third-order valence-electron chi connectivity index (χ3n) is 10.00. The molecular weight excluding hydrogens is 793 g/mol. The van der Waals surface area contributed by atoms with Crippen molar-refractivity contribution in [3.8, 4) is 0 Å². The first kappa shape index (κ1) is 59.5. The lowest BCUT2D eigenvalue weighted by Gasteiger charge is -2.18. The molecule has 0 amide bonds. The van der Waals surface area contributed by atoms with Crippen molar-refractivity contribution in [1.82, 2.24) is 0 Å². The van der Waals surface area contributed by atoms with Gasteiger partial charge in [0.1, 0.15) is 13.2 Å². The fourth-order valence-electron chi connectivity index (χ4n) is 6.27. The van der Waals surface area contributed by atoms with Gasteiger partial charge in [-0.05, 0) is 96.3 Å². The zero-order valence-electron chi connectivity index (χ0n) is 40.7. The van der Waals surface area contributed by atoms with Crippen LogP contribution in [0.4, 0.5) is 0 Å². The highest BCUT2D eigenvalue weighted by Crippen LogP contribution is 2.12. The van der Waals surface area contributed by atoms with Crippen molar-refractivity contribution >= 4 is 17.9 Å². The summed E-state index contributed by atoms with van der Waals surface area (Å²) in [5, 5.41) is 0. The molecule has 0 aromatic rings. The molecule has 0 aliphatic rings. The lowest BCUT2D eigenvalue weighted by atomic mass is 10.1. The molecule has 0 radical (unpaired) electrons. The largest absolute Gasteiger partial charge is 0.462 e. The van der Waals surface area contributed by atoms with Crippen molar-refractivity contribution in [3.05, 3.63) is 134 Å². The van der Waals surface area contributed by atoms with E-state index in [1.54, 1.807) is 6.08 Å². The Kier molecular flexibility index (Phi) is 47.6. The molecule has 0 aromatic heterocycles. The van der Waals surface area contributed by atoms with Gasteiger partial charge in [-0.25, -0.2) is 0 Å². The Bertz CT molecular complexity index is 1430. The zero-order chi connectivity index (χ0) is 46.5. The van der Waals surface area contributed by atoms with E-state index >= 15 is 0 Å². The topological polar surface area (TPSA) is 78.9 Å². The van der Waals surface area contributed by atoms with Gasteiger partial charge in [0, 0.05) is 12.8 Å². The number of rotatable bonds is 43. The van der Waals surface area contributed by atoms with Gasteiger partial charge >= 0.3 is 17.9 Å². The molecule has 0 aliphatic heterocycles. The molecule has 0 saturated heterocycles. The van der Waals surface area contributed by atoms with Crippen LogP contribution >= 0.6 is 0 Å². The summed E-state index contributed by atoms with van der Waals surface area (Å²) >= 11 is 0. The van der Waals surface area contributed by atoms with Crippen molar-refractivity contribution < 1.29 is 28.6 Å². The minimum absolute atomic E-state index is 0.120. The van der Waals surface area contributed by atoms with Crippen LogP contribution in [0.2, 0.25) is 0 Å². The van der Waals surface area contributed by atoms with Gasteiger partial charge in [-0.1, -0.05) is 212 Å². The number of hydrogen-bond donors (Lipinski definition) is 0. The standard InChI is InChI=1S/C58H90O6/c1-4-7-10-13-16-19-21-23-25-27-29-31-32-34-36-39-42-45-48-51-57(60)63-54-55(53-62-56(59)50-47-44-41-38-18-15-12-9-6-3)64-58(61)52-49-46-43-40-37-35-33-30-28-26-24-22-20-17-14-11-8-5-2/h7,9-10,12,16-20,22-26,28-31,33,38,44,47,55H,4-6,8,11,13-15,21,27,32,34-37,39-43,45-46,48-54H2,1-3H3/b10-7-,12-9-,19-16-,20-17-,24-22-,25-23-,28-26-,31-29-,33-30-,38-18-,47-44-. The lowest BCUT2D eigenvalue weighted by molar-refractivity contribution is -0.166. The Morgan fingerprint density at radius 2 is 0.734 bits per heavy atom. The highest BCUT2D eigenvalue weighted by Gasteiger charge is 2.19. The normalized spacial score (nSPS) is 13.2. The maximum absolute atomic E-state index is 12.8. The maximum Gasteiger partial charge on any atom is 0.309 e. The number of esters is 3. The second kappa shape index (κ2) is 51.2. The molecular formula is C58H90O6. The summed E-state index contributed by atoms with van der Waals surface area (Å²) in [5.74, 6) is -1.10. The first-order chi connectivity index (χ1) is 31.5. The zero-order valence-corrected chi connectivity index (χ0v) is 40.7. The second-order valence-electron chi connectivity index (χ2n) is 16.1. The Morgan fingerprint density at radius 1 is 0.359 bits per heavy atom. The van der Waals surface area contributed by atoms with E-state index in [9.17, 15) is 14.4 Å². The van der Waals surface area contributed by atoms with E-state index in [4.69, 9.17) is 14.2 Å². The monoisotopic (exact) mass is 883 g/mol. The van der Waals surface area contributed by atoms with E-state index < -0.39 is 12.1 Å². The average molecular weight is 883 g/mol. The number of unbranched alkanes of at least 4 members (excludes halogenated alkanes) is 14. The number of carbonyl (C=O) groups is 3. The highest BCUT2D eigenvalue weighted by atomic mass is 16.6. The molecule has 0 aliphatic carbocycles. The molecule has 0 N–H and O–H groups in total. The summed E-state index contributed by atoms with van der Waals surface area (Å²) in [6, 6.07) is 0. The van der Waals surface area contributed by atoms with Crippen molar-refractivity contribution in [2.24, 2.45) is 0 Å². The third-order valence-corrected chi connectivity index (χ3v) is 10.00. The number of allylic oxidation sites excluding steroid dienone is 21. The summed E-state index contributed by atoms with van der Waals surface area (Å²) in [7, 11) is 0. The predicted octanol–water partition coefficient (Wildman–Crippen LogP) is 16.7. The third kappa shape index (κ3) is 48.6. The molecule has 0 fully saturated rings. The summed E-state index contributed by atoms with van der Waals surface area (Å²) in [6.07, 6.45) is 71.8. The Morgan fingerprint density at radius 3 is 1.23 bits per heavy atom. The molecule has 64 heavy (non-hydrogen) atoms. The van der Waals surface area contributed by atoms with Gasteiger partial charge in [0.15, 0.2) is 6.10 Å². The maximum atomic E-state index is 12.8. The number of hydrogen-bond acceptors (Lipinski definition) is 6. The summed E-state index contributed by atoms with van der Waals surface area (Å²) in [5.41, 5.74) is 0. The van der Waals surface area contributed by atoms with Crippen LogP contribution in [-0.2, 0) is 28.6 Å². The molecule has 0 heterocycles. The van der Waals surface area contributed by atoms with Gasteiger partial charge in [-0.2, -0.15) is 0 Å². The first-order valence-electron chi connectivity index (χ1n) is 25.2.